The first-order chi connectivity index (χ1) is 10.9. The Bertz CT molecular complexity index is 769. The van der Waals surface area contributed by atoms with Crippen molar-refractivity contribution in [2.24, 2.45) is 0 Å². The number of rotatable bonds is 6. The second-order valence-electron chi connectivity index (χ2n) is 4.42. The average Bonchev–Trinajstić information content (AvgIpc) is 2.52. The van der Waals surface area contributed by atoms with E-state index < -0.39 is 9.85 Å². The Hall–Kier alpha value is -2.32. The molecule has 2 aromatic carbocycles. The van der Waals surface area contributed by atoms with E-state index in [-0.39, 0.29) is 11.4 Å². The molecule has 0 aromatic heterocycles. The third-order valence-electron chi connectivity index (χ3n) is 2.96. The van der Waals surface area contributed by atoms with Crippen LogP contribution in [0.1, 0.15) is 5.56 Å². The summed E-state index contributed by atoms with van der Waals surface area (Å²) in [5.41, 5.74) is 0.255. The highest BCUT2D eigenvalue weighted by Crippen LogP contribution is 2.35. The standard InChI is InChI=1S/C14H11ClN2O5S/c1-22-13-4-2-9(6-11(13)15)8-23-14-5-3-10(16(18)19)7-12(14)17(20)21/h2-7H,8H2,1H3. The molecule has 0 amide bonds. The molecule has 0 saturated carbocycles. The first-order valence-electron chi connectivity index (χ1n) is 6.30. The molecule has 0 unspecified atom stereocenters. The second kappa shape index (κ2) is 7.30. The van der Waals surface area contributed by atoms with Crippen molar-refractivity contribution in [1.29, 1.82) is 0 Å². The van der Waals surface area contributed by atoms with Crippen LogP contribution in [0.3, 0.4) is 0 Å². The summed E-state index contributed by atoms with van der Waals surface area (Å²) in [6.07, 6.45) is 0. The maximum absolute atomic E-state index is 11.1. The molecule has 0 aliphatic heterocycles. The van der Waals surface area contributed by atoms with Crippen LogP contribution < -0.4 is 4.74 Å². The van der Waals surface area contributed by atoms with E-state index in [0.717, 1.165) is 11.6 Å². The summed E-state index contributed by atoms with van der Waals surface area (Å²) >= 11 is 7.24. The molecule has 0 N–H and O–H groups in total. The molecule has 0 fully saturated rings. The molecule has 0 radical (unpaired) electrons. The predicted octanol–water partition coefficient (Wildman–Crippen LogP) is 4.46. The number of halogens is 1. The molecule has 2 aromatic rings. The molecule has 0 spiro atoms. The SMILES string of the molecule is COc1ccc(CSc2ccc([N+](=O)[O-])cc2[N+](=O)[O-])cc1Cl. The Morgan fingerprint density at radius 1 is 1.13 bits per heavy atom. The zero-order chi connectivity index (χ0) is 17.0. The van der Waals surface area contributed by atoms with E-state index in [2.05, 4.69) is 0 Å². The van der Waals surface area contributed by atoms with Gasteiger partial charge in [-0.05, 0) is 23.8 Å². The van der Waals surface area contributed by atoms with Crippen LogP contribution >= 0.6 is 23.4 Å². The van der Waals surface area contributed by atoms with Crippen molar-refractivity contribution in [2.75, 3.05) is 7.11 Å². The van der Waals surface area contributed by atoms with E-state index in [9.17, 15) is 20.2 Å². The molecule has 0 saturated heterocycles. The van der Waals surface area contributed by atoms with Crippen LogP contribution in [-0.2, 0) is 5.75 Å². The molecule has 0 aliphatic carbocycles. The van der Waals surface area contributed by atoms with Gasteiger partial charge in [0.05, 0.1) is 32.9 Å². The smallest absolute Gasteiger partial charge is 0.289 e. The van der Waals surface area contributed by atoms with E-state index in [1.807, 2.05) is 0 Å². The number of hydrogen-bond donors (Lipinski definition) is 0. The van der Waals surface area contributed by atoms with Gasteiger partial charge in [-0.2, -0.15) is 0 Å². The Labute approximate surface area is 140 Å². The minimum Gasteiger partial charge on any atom is -0.495 e. The molecule has 0 atom stereocenters. The van der Waals surface area contributed by atoms with Crippen LogP contribution in [0, 0.1) is 20.2 Å². The van der Waals surface area contributed by atoms with Crippen molar-refractivity contribution >= 4 is 34.7 Å². The molecule has 7 nitrogen and oxygen atoms in total. The molecule has 0 heterocycles. The molecular weight excluding hydrogens is 344 g/mol. The van der Waals surface area contributed by atoms with Crippen LogP contribution in [0.4, 0.5) is 11.4 Å². The molecule has 0 aliphatic rings. The topological polar surface area (TPSA) is 95.5 Å². The summed E-state index contributed by atoms with van der Waals surface area (Å²) in [6.45, 7) is 0. The third kappa shape index (κ3) is 4.11. The van der Waals surface area contributed by atoms with Gasteiger partial charge in [0.15, 0.2) is 0 Å². The van der Waals surface area contributed by atoms with Crippen molar-refractivity contribution in [2.45, 2.75) is 10.6 Å². The van der Waals surface area contributed by atoms with E-state index in [0.29, 0.717) is 21.4 Å². The Morgan fingerprint density at radius 2 is 1.87 bits per heavy atom. The zero-order valence-corrected chi connectivity index (χ0v) is 13.5. The maximum Gasteiger partial charge on any atom is 0.289 e. The van der Waals surface area contributed by atoms with Crippen molar-refractivity contribution in [3.63, 3.8) is 0 Å². The lowest BCUT2D eigenvalue weighted by Gasteiger charge is -2.06. The Kier molecular flexibility index (Phi) is 5.41. The molecule has 23 heavy (non-hydrogen) atoms. The minimum atomic E-state index is -0.662. The van der Waals surface area contributed by atoms with Crippen molar-refractivity contribution in [3.05, 3.63) is 67.2 Å². The fraction of sp³-hybridized carbons (Fsp3) is 0.143. The van der Waals surface area contributed by atoms with Gasteiger partial charge in [0.25, 0.3) is 11.4 Å². The van der Waals surface area contributed by atoms with E-state index in [1.54, 1.807) is 18.2 Å². The summed E-state index contributed by atoms with van der Waals surface area (Å²) in [7, 11) is 1.51. The molecule has 9 heteroatoms. The van der Waals surface area contributed by atoms with Crippen molar-refractivity contribution < 1.29 is 14.6 Å². The number of nitrogens with zero attached hydrogens (tertiary/aromatic N) is 2. The summed E-state index contributed by atoms with van der Waals surface area (Å²) in [6, 6.07) is 8.81. The molecular formula is C14H11ClN2O5S. The van der Waals surface area contributed by atoms with Gasteiger partial charge in [0.1, 0.15) is 5.75 Å². The number of methoxy groups -OCH3 is 1. The fourth-order valence-corrected chi connectivity index (χ4v) is 3.07. The number of nitro groups is 2. The van der Waals surface area contributed by atoms with E-state index in [4.69, 9.17) is 16.3 Å². The number of nitro benzene ring substituents is 2. The average molecular weight is 355 g/mol. The van der Waals surface area contributed by atoms with Gasteiger partial charge >= 0.3 is 0 Å². The largest absolute Gasteiger partial charge is 0.495 e. The lowest BCUT2D eigenvalue weighted by atomic mass is 10.2. The third-order valence-corrected chi connectivity index (χ3v) is 4.39. The number of ether oxygens (including phenoxy) is 1. The number of thioether (sulfide) groups is 1. The quantitative estimate of drug-likeness (QED) is 0.431. The van der Waals surface area contributed by atoms with Crippen LogP contribution in [-0.4, -0.2) is 17.0 Å². The summed E-state index contributed by atoms with van der Waals surface area (Å²) in [4.78, 5) is 20.9. The highest BCUT2D eigenvalue weighted by atomic mass is 35.5. The van der Waals surface area contributed by atoms with Gasteiger partial charge in [-0.3, -0.25) is 20.2 Å². The number of non-ortho nitro benzene ring substituents is 1. The number of benzene rings is 2. The van der Waals surface area contributed by atoms with Gasteiger partial charge in [-0.15, -0.1) is 11.8 Å². The van der Waals surface area contributed by atoms with Crippen molar-refractivity contribution in [1.82, 2.24) is 0 Å². The van der Waals surface area contributed by atoms with E-state index in [1.165, 1.54) is 31.0 Å². The lowest BCUT2D eigenvalue weighted by molar-refractivity contribution is -0.396. The zero-order valence-electron chi connectivity index (χ0n) is 11.9. The fourth-order valence-electron chi connectivity index (χ4n) is 1.84. The first kappa shape index (κ1) is 17.0. The Balaban J connectivity index is 2.21. The van der Waals surface area contributed by atoms with E-state index >= 15 is 0 Å². The Morgan fingerprint density at radius 3 is 2.43 bits per heavy atom. The molecule has 2 rings (SSSR count). The molecule has 0 bridgehead atoms. The van der Waals surface area contributed by atoms with Gasteiger partial charge in [-0.1, -0.05) is 17.7 Å². The van der Waals surface area contributed by atoms with Gasteiger partial charge in [-0.25, -0.2) is 0 Å². The van der Waals surface area contributed by atoms with Crippen LogP contribution in [0.2, 0.25) is 5.02 Å². The van der Waals surface area contributed by atoms with Crippen molar-refractivity contribution in [3.8, 4) is 5.75 Å². The first-order valence-corrected chi connectivity index (χ1v) is 7.66. The highest BCUT2D eigenvalue weighted by molar-refractivity contribution is 7.98. The summed E-state index contributed by atoms with van der Waals surface area (Å²) in [5.74, 6) is 0.976. The monoisotopic (exact) mass is 354 g/mol. The summed E-state index contributed by atoms with van der Waals surface area (Å²) < 4.78 is 5.06. The van der Waals surface area contributed by atoms with Crippen LogP contribution in [0.5, 0.6) is 5.75 Å². The highest BCUT2D eigenvalue weighted by Gasteiger charge is 2.19. The minimum absolute atomic E-state index is 0.288. The summed E-state index contributed by atoms with van der Waals surface area (Å²) in [5, 5.41) is 22.2. The second-order valence-corrected chi connectivity index (χ2v) is 5.85. The predicted molar refractivity (Wildman–Crippen MR) is 87.3 cm³/mol. The number of hydrogen-bond acceptors (Lipinski definition) is 6. The van der Waals surface area contributed by atoms with Gasteiger partial charge < -0.3 is 4.74 Å². The van der Waals surface area contributed by atoms with Crippen LogP contribution in [0.25, 0.3) is 0 Å². The van der Waals surface area contributed by atoms with Gasteiger partial charge in [0.2, 0.25) is 0 Å². The van der Waals surface area contributed by atoms with Crippen LogP contribution in [0.15, 0.2) is 41.3 Å². The maximum atomic E-state index is 11.1. The molecule has 120 valence electrons. The normalized spacial score (nSPS) is 10.3. The van der Waals surface area contributed by atoms with Gasteiger partial charge in [0, 0.05) is 11.8 Å². The lowest BCUT2D eigenvalue weighted by Crippen LogP contribution is -1.95.